The number of hydrogen-bond acceptors (Lipinski definition) is 5. The summed E-state index contributed by atoms with van der Waals surface area (Å²) in [5.41, 5.74) is 0. The maximum atomic E-state index is 12.8. The summed E-state index contributed by atoms with van der Waals surface area (Å²) >= 11 is 1.49. The molecule has 0 unspecified atom stereocenters. The molecule has 2 heterocycles. The molecular weight excluding hydrogens is 308 g/mol. The fourth-order valence-electron chi connectivity index (χ4n) is 3.63. The number of nitrogens with zero attached hydrogens (tertiary/aromatic N) is 4. The van der Waals surface area contributed by atoms with E-state index in [1.165, 1.54) is 37.2 Å². The SMILES string of the molecule is CCc1nsc(N2CCCN(C(=O)C3CCCCCC3)CC2)n1. The summed E-state index contributed by atoms with van der Waals surface area (Å²) in [4.78, 5) is 21.8. The lowest BCUT2D eigenvalue weighted by Crippen LogP contribution is -2.39. The number of aromatic nitrogens is 2. The van der Waals surface area contributed by atoms with Crippen LogP contribution in [0.1, 0.15) is 57.7 Å². The van der Waals surface area contributed by atoms with E-state index in [0.717, 1.165) is 62.8 Å². The average Bonchev–Trinajstić information content (AvgIpc) is 2.78. The number of aryl methyl sites for hydroxylation is 1. The van der Waals surface area contributed by atoms with Gasteiger partial charge in [-0.15, -0.1) is 0 Å². The Morgan fingerprint density at radius 2 is 1.87 bits per heavy atom. The molecule has 1 aromatic heterocycles. The molecule has 1 saturated carbocycles. The molecule has 1 saturated heterocycles. The van der Waals surface area contributed by atoms with Crippen molar-refractivity contribution in [1.29, 1.82) is 0 Å². The van der Waals surface area contributed by atoms with Gasteiger partial charge in [-0.3, -0.25) is 4.79 Å². The van der Waals surface area contributed by atoms with Crippen molar-refractivity contribution < 1.29 is 4.79 Å². The van der Waals surface area contributed by atoms with Crippen LogP contribution in [0.4, 0.5) is 5.13 Å². The molecular formula is C17H28N4OS. The van der Waals surface area contributed by atoms with E-state index in [1.807, 2.05) is 0 Å². The van der Waals surface area contributed by atoms with Crippen molar-refractivity contribution in [2.75, 3.05) is 31.1 Å². The minimum absolute atomic E-state index is 0.275. The van der Waals surface area contributed by atoms with E-state index < -0.39 is 0 Å². The highest BCUT2D eigenvalue weighted by Gasteiger charge is 2.27. The zero-order valence-corrected chi connectivity index (χ0v) is 15.0. The van der Waals surface area contributed by atoms with E-state index in [0.29, 0.717) is 5.91 Å². The Kier molecular flexibility index (Phi) is 5.86. The van der Waals surface area contributed by atoms with Crippen LogP contribution in [0.25, 0.3) is 0 Å². The topological polar surface area (TPSA) is 49.3 Å². The standard InChI is InChI=1S/C17H28N4OS/c1-2-15-18-17(23-19-15)21-11-7-10-20(12-13-21)16(22)14-8-5-3-4-6-9-14/h14H,2-13H2,1H3. The number of rotatable bonds is 3. The molecule has 2 aliphatic rings. The van der Waals surface area contributed by atoms with Crippen LogP contribution >= 0.6 is 11.5 Å². The number of anilines is 1. The van der Waals surface area contributed by atoms with Gasteiger partial charge in [-0.05, 0) is 19.3 Å². The van der Waals surface area contributed by atoms with Crippen molar-refractivity contribution in [1.82, 2.24) is 14.3 Å². The molecule has 0 aromatic carbocycles. The van der Waals surface area contributed by atoms with Crippen LogP contribution in [-0.2, 0) is 11.2 Å². The van der Waals surface area contributed by atoms with Gasteiger partial charge in [0, 0.05) is 50.1 Å². The summed E-state index contributed by atoms with van der Waals surface area (Å²) < 4.78 is 4.39. The molecule has 2 fully saturated rings. The van der Waals surface area contributed by atoms with Gasteiger partial charge in [0.2, 0.25) is 11.0 Å². The van der Waals surface area contributed by atoms with Crippen molar-refractivity contribution in [3.63, 3.8) is 0 Å². The smallest absolute Gasteiger partial charge is 0.225 e. The molecule has 0 bridgehead atoms. The van der Waals surface area contributed by atoms with Crippen LogP contribution in [0, 0.1) is 5.92 Å². The minimum atomic E-state index is 0.275. The normalized spacial score (nSPS) is 21.1. The number of amides is 1. The second kappa shape index (κ2) is 8.08. The first-order chi connectivity index (χ1) is 11.3. The summed E-state index contributed by atoms with van der Waals surface area (Å²) in [6.07, 6.45) is 9.14. The third-order valence-electron chi connectivity index (χ3n) is 5.06. The molecule has 128 valence electrons. The third-order valence-corrected chi connectivity index (χ3v) is 5.87. The zero-order valence-electron chi connectivity index (χ0n) is 14.2. The van der Waals surface area contributed by atoms with Crippen LogP contribution < -0.4 is 4.90 Å². The van der Waals surface area contributed by atoms with E-state index in [1.54, 1.807) is 0 Å². The second-order valence-electron chi connectivity index (χ2n) is 6.70. The van der Waals surface area contributed by atoms with Crippen molar-refractivity contribution in [2.45, 2.75) is 58.3 Å². The monoisotopic (exact) mass is 336 g/mol. The zero-order chi connectivity index (χ0) is 16.1. The Bertz CT molecular complexity index is 510. The number of carbonyl (C=O) groups is 1. The van der Waals surface area contributed by atoms with Gasteiger partial charge in [0.05, 0.1) is 0 Å². The van der Waals surface area contributed by atoms with Gasteiger partial charge < -0.3 is 9.80 Å². The maximum absolute atomic E-state index is 12.8. The van der Waals surface area contributed by atoms with Gasteiger partial charge in [-0.1, -0.05) is 32.6 Å². The van der Waals surface area contributed by atoms with Crippen molar-refractivity contribution >= 4 is 22.6 Å². The van der Waals surface area contributed by atoms with Gasteiger partial charge in [-0.25, -0.2) is 4.98 Å². The third kappa shape index (κ3) is 4.22. The quantitative estimate of drug-likeness (QED) is 0.796. The van der Waals surface area contributed by atoms with Crippen LogP contribution in [0.3, 0.4) is 0 Å². The van der Waals surface area contributed by atoms with Gasteiger partial charge in [0.1, 0.15) is 5.82 Å². The molecule has 1 aromatic rings. The Balaban J connectivity index is 1.58. The first kappa shape index (κ1) is 16.7. The Labute approximate surface area is 143 Å². The van der Waals surface area contributed by atoms with Crippen LogP contribution in [0.15, 0.2) is 0 Å². The Morgan fingerprint density at radius 3 is 2.57 bits per heavy atom. The van der Waals surface area contributed by atoms with E-state index in [4.69, 9.17) is 0 Å². The average molecular weight is 337 g/mol. The molecule has 1 aliphatic carbocycles. The van der Waals surface area contributed by atoms with Crippen molar-refractivity contribution in [2.24, 2.45) is 5.92 Å². The maximum Gasteiger partial charge on any atom is 0.225 e. The first-order valence-electron chi connectivity index (χ1n) is 9.14. The van der Waals surface area contributed by atoms with Crippen LogP contribution in [-0.4, -0.2) is 46.3 Å². The van der Waals surface area contributed by atoms with Gasteiger partial charge in [0.25, 0.3) is 0 Å². The fraction of sp³-hybridized carbons (Fsp3) is 0.824. The van der Waals surface area contributed by atoms with Gasteiger partial charge in [-0.2, -0.15) is 4.37 Å². The molecule has 0 N–H and O–H groups in total. The van der Waals surface area contributed by atoms with E-state index >= 15 is 0 Å². The molecule has 0 spiro atoms. The van der Waals surface area contributed by atoms with Crippen LogP contribution in [0.5, 0.6) is 0 Å². The van der Waals surface area contributed by atoms with Gasteiger partial charge in [0.15, 0.2) is 0 Å². The summed E-state index contributed by atoms with van der Waals surface area (Å²) in [5.74, 6) is 1.61. The highest BCUT2D eigenvalue weighted by Crippen LogP contribution is 2.26. The summed E-state index contributed by atoms with van der Waals surface area (Å²) in [5, 5.41) is 1.02. The number of carbonyl (C=O) groups excluding carboxylic acids is 1. The molecule has 6 heteroatoms. The largest absolute Gasteiger partial charge is 0.345 e. The molecule has 5 nitrogen and oxygen atoms in total. The van der Waals surface area contributed by atoms with Crippen molar-refractivity contribution in [3.8, 4) is 0 Å². The summed E-state index contributed by atoms with van der Waals surface area (Å²) in [6, 6.07) is 0. The Morgan fingerprint density at radius 1 is 1.09 bits per heavy atom. The molecule has 0 radical (unpaired) electrons. The minimum Gasteiger partial charge on any atom is -0.345 e. The fourth-order valence-corrected chi connectivity index (χ4v) is 4.43. The lowest BCUT2D eigenvalue weighted by atomic mass is 9.98. The Hall–Kier alpha value is -1.17. The lowest BCUT2D eigenvalue weighted by molar-refractivity contribution is -0.135. The molecule has 1 aliphatic heterocycles. The molecule has 1 amide bonds. The van der Waals surface area contributed by atoms with Crippen LogP contribution in [0.2, 0.25) is 0 Å². The van der Waals surface area contributed by atoms with E-state index in [-0.39, 0.29) is 5.92 Å². The number of hydrogen-bond donors (Lipinski definition) is 0. The predicted molar refractivity (Wildman–Crippen MR) is 93.9 cm³/mol. The second-order valence-corrected chi connectivity index (χ2v) is 7.43. The lowest BCUT2D eigenvalue weighted by Gasteiger charge is -2.25. The van der Waals surface area contributed by atoms with E-state index in [2.05, 4.69) is 26.1 Å². The molecule has 0 atom stereocenters. The molecule has 23 heavy (non-hydrogen) atoms. The van der Waals surface area contributed by atoms with Gasteiger partial charge >= 0.3 is 0 Å². The van der Waals surface area contributed by atoms with E-state index in [9.17, 15) is 4.79 Å². The molecule has 3 rings (SSSR count). The first-order valence-corrected chi connectivity index (χ1v) is 9.91. The highest BCUT2D eigenvalue weighted by molar-refractivity contribution is 7.09. The van der Waals surface area contributed by atoms with Crippen molar-refractivity contribution in [3.05, 3.63) is 5.82 Å². The predicted octanol–water partition coefficient (Wildman–Crippen LogP) is 3.11. The summed E-state index contributed by atoms with van der Waals surface area (Å²) in [7, 11) is 0. The summed E-state index contributed by atoms with van der Waals surface area (Å²) in [6.45, 7) is 5.67. The highest BCUT2D eigenvalue weighted by atomic mass is 32.1.